The first-order valence-electron chi connectivity index (χ1n) is 8.05. The summed E-state index contributed by atoms with van der Waals surface area (Å²) in [5.41, 5.74) is 4.90. The Morgan fingerprint density at radius 3 is 2.73 bits per heavy atom. The Bertz CT molecular complexity index is 1050. The summed E-state index contributed by atoms with van der Waals surface area (Å²) in [6.07, 6.45) is 4.17. The number of anilines is 1. The number of fused-ring (bicyclic) bond motifs is 1. The lowest BCUT2D eigenvalue weighted by Crippen LogP contribution is -2.04. The summed E-state index contributed by atoms with van der Waals surface area (Å²) in [6, 6.07) is 8.99. The van der Waals surface area contributed by atoms with Gasteiger partial charge in [0.05, 0.1) is 29.3 Å². The van der Waals surface area contributed by atoms with Crippen LogP contribution in [0, 0.1) is 11.3 Å². The van der Waals surface area contributed by atoms with Crippen LogP contribution in [0.1, 0.15) is 22.5 Å². The number of nitriles is 1. The molecule has 1 aliphatic rings. The van der Waals surface area contributed by atoms with Gasteiger partial charge in [0, 0.05) is 48.7 Å². The number of nitrogens with one attached hydrogen (secondary N) is 1. The zero-order chi connectivity index (χ0) is 18.9. The fourth-order valence-electron chi connectivity index (χ4n) is 3.09. The second-order valence-corrected chi connectivity index (χ2v) is 8.10. The highest BCUT2D eigenvalue weighted by Gasteiger charge is 2.21. The van der Waals surface area contributed by atoms with Gasteiger partial charge in [-0.2, -0.15) is 5.26 Å². The number of rotatable bonds is 5. The van der Waals surface area contributed by atoms with Gasteiger partial charge in [-0.05, 0) is 18.2 Å². The van der Waals surface area contributed by atoms with Crippen LogP contribution in [0.2, 0.25) is 0 Å². The van der Waals surface area contributed by atoms with E-state index in [1.807, 2.05) is 19.2 Å². The molecule has 0 atom stereocenters. The zero-order valence-electron chi connectivity index (χ0n) is 14.8. The van der Waals surface area contributed by atoms with E-state index < -0.39 is 9.84 Å². The van der Waals surface area contributed by atoms with Crippen molar-refractivity contribution in [2.75, 3.05) is 25.7 Å². The van der Waals surface area contributed by atoms with Crippen LogP contribution in [0.25, 0.3) is 5.57 Å². The molecule has 26 heavy (non-hydrogen) atoms. The molecule has 0 aliphatic heterocycles. The number of hydrogen-bond donors (Lipinski definition) is 1. The predicted molar refractivity (Wildman–Crippen MR) is 100.0 cm³/mol. The maximum Gasteiger partial charge on any atom is 0.175 e. The number of benzene rings is 1. The first-order chi connectivity index (χ1) is 12.4. The number of aromatic nitrogens is 1. The van der Waals surface area contributed by atoms with Crippen molar-refractivity contribution in [3.63, 3.8) is 0 Å². The van der Waals surface area contributed by atoms with E-state index in [-0.39, 0.29) is 4.90 Å². The molecular formula is C19H19N3O3S. The second-order valence-electron chi connectivity index (χ2n) is 6.09. The number of ether oxygens (including phenoxy) is 1. The number of pyridine rings is 1. The van der Waals surface area contributed by atoms with Gasteiger partial charge >= 0.3 is 0 Å². The first-order valence-corrected chi connectivity index (χ1v) is 9.94. The average Bonchev–Trinajstić information content (AvgIpc) is 3.03. The summed E-state index contributed by atoms with van der Waals surface area (Å²) in [7, 11) is 0.0348. The molecule has 2 aromatic rings. The van der Waals surface area contributed by atoms with E-state index in [9.17, 15) is 13.7 Å². The molecule has 1 N–H and O–H groups in total. The van der Waals surface area contributed by atoms with Gasteiger partial charge < -0.3 is 10.1 Å². The predicted octanol–water partition coefficient (Wildman–Crippen LogP) is 2.59. The zero-order valence-corrected chi connectivity index (χ0v) is 15.6. The molecular weight excluding hydrogens is 350 g/mol. The lowest BCUT2D eigenvalue weighted by Gasteiger charge is -2.13. The van der Waals surface area contributed by atoms with E-state index in [1.54, 1.807) is 12.1 Å². The van der Waals surface area contributed by atoms with Crippen molar-refractivity contribution in [3.05, 3.63) is 52.9 Å². The summed E-state index contributed by atoms with van der Waals surface area (Å²) < 4.78 is 28.8. The molecule has 0 saturated heterocycles. The van der Waals surface area contributed by atoms with E-state index in [2.05, 4.69) is 16.4 Å². The van der Waals surface area contributed by atoms with Crippen molar-refractivity contribution < 1.29 is 13.2 Å². The number of nitrogens with zero attached hydrogens (tertiary/aromatic N) is 2. The van der Waals surface area contributed by atoms with Crippen molar-refractivity contribution in [2.45, 2.75) is 17.7 Å². The summed E-state index contributed by atoms with van der Waals surface area (Å²) in [6.45, 7) is 0. The molecule has 1 heterocycles. The molecule has 0 spiro atoms. The maximum absolute atomic E-state index is 11.7. The standard InChI is InChI=1S/C19H19N3O3S/c1-21-17-9-14(22-16-7-5-13(11-20)19(16)17)8-12-4-6-15(26(3,23)24)10-18(12)25-2/h4-6,9-10H,7-8H2,1-3H3,(H,21,22). The topological polar surface area (TPSA) is 92.1 Å². The fourth-order valence-corrected chi connectivity index (χ4v) is 3.73. The summed E-state index contributed by atoms with van der Waals surface area (Å²) in [4.78, 5) is 4.91. The van der Waals surface area contributed by atoms with Gasteiger partial charge in [-0.1, -0.05) is 12.1 Å². The molecule has 134 valence electrons. The van der Waals surface area contributed by atoms with Crippen molar-refractivity contribution in [2.24, 2.45) is 0 Å². The Labute approximate surface area is 153 Å². The SMILES string of the molecule is CNc1cc(Cc2ccc(S(C)(=O)=O)cc2OC)nc2c1C(C#N)=CC2. The van der Waals surface area contributed by atoms with E-state index in [0.717, 1.165) is 28.2 Å². The Balaban J connectivity index is 2.00. The van der Waals surface area contributed by atoms with Gasteiger partial charge in [-0.15, -0.1) is 0 Å². The normalized spacial score (nSPS) is 12.9. The third-order valence-electron chi connectivity index (χ3n) is 4.36. The van der Waals surface area contributed by atoms with Crippen LogP contribution >= 0.6 is 0 Å². The highest BCUT2D eigenvalue weighted by atomic mass is 32.2. The molecule has 0 bridgehead atoms. The van der Waals surface area contributed by atoms with E-state index in [1.165, 1.54) is 19.4 Å². The Morgan fingerprint density at radius 2 is 2.12 bits per heavy atom. The molecule has 0 amide bonds. The molecule has 1 aromatic carbocycles. The third-order valence-corrected chi connectivity index (χ3v) is 5.47. The van der Waals surface area contributed by atoms with Gasteiger partial charge in [0.2, 0.25) is 0 Å². The summed E-state index contributed by atoms with van der Waals surface area (Å²) in [5.74, 6) is 0.511. The quantitative estimate of drug-likeness (QED) is 0.871. The number of sulfone groups is 1. The Hall–Kier alpha value is -2.85. The molecule has 0 radical (unpaired) electrons. The molecule has 1 aliphatic carbocycles. The van der Waals surface area contributed by atoms with Gasteiger partial charge in [-0.25, -0.2) is 8.42 Å². The lowest BCUT2D eigenvalue weighted by atomic mass is 10.0. The van der Waals surface area contributed by atoms with Gasteiger partial charge in [0.15, 0.2) is 9.84 Å². The molecule has 0 fully saturated rings. The first kappa shape index (κ1) is 18.0. The van der Waals surface area contributed by atoms with E-state index in [0.29, 0.717) is 24.2 Å². The van der Waals surface area contributed by atoms with Crippen LogP contribution in [-0.4, -0.2) is 33.8 Å². The van der Waals surface area contributed by atoms with Crippen LogP contribution in [0.5, 0.6) is 5.75 Å². The smallest absolute Gasteiger partial charge is 0.175 e. The molecule has 0 saturated carbocycles. The third kappa shape index (κ3) is 3.28. The largest absolute Gasteiger partial charge is 0.496 e. The van der Waals surface area contributed by atoms with E-state index >= 15 is 0 Å². The lowest BCUT2D eigenvalue weighted by molar-refractivity contribution is 0.409. The van der Waals surface area contributed by atoms with Crippen LogP contribution in [0.4, 0.5) is 5.69 Å². The van der Waals surface area contributed by atoms with Gasteiger partial charge in [0.25, 0.3) is 0 Å². The molecule has 6 nitrogen and oxygen atoms in total. The van der Waals surface area contributed by atoms with Gasteiger partial charge in [-0.3, -0.25) is 4.98 Å². The van der Waals surface area contributed by atoms with Gasteiger partial charge in [0.1, 0.15) is 5.75 Å². The minimum Gasteiger partial charge on any atom is -0.496 e. The second kappa shape index (κ2) is 6.81. The minimum absolute atomic E-state index is 0.221. The van der Waals surface area contributed by atoms with Crippen LogP contribution in [0.3, 0.4) is 0 Å². The van der Waals surface area contributed by atoms with Crippen LogP contribution in [-0.2, 0) is 22.7 Å². The Kier molecular flexibility index (Phi) is 4.70. The number of hydrogen-bond acceptors (Lipinski definition) is 6. The number of allylic oxidation sites excluding steroid dienone is 2. The highest BCUT2D eigenvalue weighted by molar-refractivity contribution is 7.90. The molecule has 0 unspecified atom stereocenters. The summed E-state index contributed by atoms with van der Waals surface area (Å²) in [5, 5.41) is 12.4. The molecule has 3 rings (SSSR count). The van der Waals surface area contributed by atoms with Crippen molar-refractivity contribution >= 4 is 21.1 Å². The summed E-state index contributed by atoms with van der Waals surface area (Å²) >= 11 is 0. The maximum atomic E-state index is 11.7. The van der Waals surface area contributed by atoms with Crippen LogP contribution in [0.15, 0.2) is 35.2 Å². The molecule has 1 aromatic heterocycles. The Morgan fingerprint density at radius 1 is 1.35 bits per heavy atom. The van der Waals surface area contributed by atoms with Crippen molar-refractivity contribution in [1.82, 2.24) is 4.98 Å². The van der Waals surface area contributed by atoms with Crippen LogP contribution < -0.4 is 10.1 Å². The molecule has 7 heteroatoms. The average molecular weight is 369 g/mol. The fraction of sp³-hybridized carbons (Fsp3) is 0.263. The van der Waals surface area contributed by atoms with Crippen molar-refractivity contribution in [1.29, 1.82) is 5.26 Å². The minimum atomic E-state index is -3.30. The monoisotopic (exact) mass is 369 g/mol. The van der Waals surface area contributed by atoms with E-state index in [4.69, 9.17) is 4.74 Å². The number of methoxy groups -OCH3 is 1. The van der Waals surface area contributed by atoms with Crippen molar-refractivity contribution in [3.8, 4) is 11.8 Å². The highest BCUT2D eigenvalue weighted by Crippen LogP contribution is 2.34.